The fourth-order valence-electron chi connectivity index (χ4n) is 5.71. The molecule has 12 heteroatoms. The number of carbonyl (C=O) groups excluding carboxylic acids is 1. The normalized spacial score (nSPS) is 19.0. The number of likely N-dealkylation sites (tertiary alicyclic amines) is 1. The maximum Gasteiger partial charge on any atom is 0.261 e. The molecule has 2 atom stereocenters. The molecule has 220 valence electrons. The Labute approximate surface area is 250 Å². The molecule has 5 heterocycles. The Morgan fingerprint density at radius 3 is 2.74 bits per heavy atom. The van der Waals surface area contributed by atoms with Crippen LogP contribution in [0.2, 0.25) is 0 Å². The van der Waals surface area contributed by atoms with Crippen LogP contribution < -0.4 is 5.32 Å². The summed E-state index contributed by atoms with van der Waals surface area (Å²) in [5.41, 5.74) is 2.64. The fourth-order valence-corrected chi connectivity index (χ4v) is 7.73. The van der Waals surface area contributed by atoms with Crippen molar-refractivity contribution in [2.24, 2.45) is 0 Å². The molecule has 1 aromatic carbocycles. The maximum atomic E-state index is 14.9. The first kappa shape index (κ1) is 28.8. The summed E-state index contributed by atoms with van der Waals surface area (Å²) in [4.78, 5) is 26.2. The number of amides is 1. The molecule has 2 aliphatic heterocycles. The summed E-state index contributed by atoms with van der Waals surface area (Å²) in [6.07, 6.45) is 5.18. The van der Waals surface area contributed by atoms with E-state index in [0.29, 0.717) is 51.3 Å². The SMILES string of the molecule is CCS(=O)c1ccc(CNC(=O)c2cc3c(s2)C2(CCN(Cc4ccc(-c5ncon5)cc4F)CC2)OC(C)C3)nc1. The third-order valence-electron chi connectivity index (χ3n) is 7.86. The van der Waals surface area contributed by atoms with Gasteiger partial charge in [0, 0.05) is 47.6 Å². The third-order valence-corrected chi connectivity index (χ3v) is 10.5. The van der Waals surface area contributed by atoms with Crippen molar-refractivity contribution in [3.63, 3.8) is 0 Å². The zero-order valence-electron chi connectivity index (χ0n) is 23.5. The molecular formula is C30H32FN5O4S2. The molecule has 0 saturated carbocycles. The number of benzene rings is 1. The molecule has 1 fully saturated rings. The third kappa shape index (κ3) is 5.94. The lowest BCUT2D eigenvalue weighted by Gasteiger charge is -2.45. The first-order valence-electron chi connectivity index (χ1n) is 14.0. The molecule has 6 rings (SSSR count). The fraction of sp³-hybridized carbons (Fsp3) is 0.400. The van der Waals surface area contributed by atoms with Gasteiger partial charge >= 0.3 is 0 Å². The average molecular weight is 610 g/mol. The van der Waals surface area contributed by atoms with Crippen LogP contribution >= 0.6 is 11.3 Å². The predicted octanol–water partition coefficient (Wildman–Crippen LogP) is 4.84. The second kappa shape index (κ2) is 12.1. The molecule has 1 saturated heterocycles. The molecule has 0 aliphatic carbocycles. The van der Waals surface area contributed by atoms with Gasteiger partial charge in [-0.15, -0.1) is 11.3 Å². The molecule has 2 unspecified atom stereocenters. The number of fused-ring (bicyclic) bond motifs is 2. The number of pyridine rings is 1. The van der Waals surface area contributed by atoms with E-state index in [1.165, 1.54) is 29.4 Å². The van der Waals surface area contributed by atoms with Gasteiger partial charge in [-0.05, 0) is 56.0 Å². The highest BCUT2D eigenvalue weighted by Crippen LogP contribution is 2.47. The van der Waals surface area contributed by atoms with Crippen LogP contribution in [0.15, 0.2) is 58.4 Å². The zero-order valence-corrected chi connectivity index (χ0v) is 25.1. The summed E-state index contributed by atoms with van der Waals surface area (Å²) < 4.78 is 38.2. The van der Waals surface area contributed by atoms with Gasteiger partial charge < -0.3 is 14.6 Å². The number of ether oxygens (including phenoxy) is 1. The maximum absolute atomic E-state index is 14.9. The first-order chi connectivity index (χ1) is 20.3. The molecule has 0 bridgehead atoms. The van der Waals surface area contributed by atoms with Crippen molar-refractivity contribution in [2.45, 2.75) is 62.8 Å². The molecular weight excluding hydrogens is 577 g/mol. The van der Waals surface area contributed by atoms with Gasteiger partial charge in [0.15, 0.2) is 0 Å². The van der Waals surface area contributed by atoms with Crippen LogP contribution in [-0.4, -0.2) is 55.1 Å². The zero-order chi connectivity index (χ0) is 29.3. The molecule has 1 amide bonds. The lowest BCUT2D eigenvalue weighted by atomic mass is 9.84. The minimum absolute atomic E-state index is 0.0427. The van der Waals surface area contributed by atoms with Gasteiger partial charge in [-0.3, -0.25) is 18.9 Å². The number of hydrogen-bond donors (Lipinski definition) is 1. The number of aromatic nitrogens is 3. The summed E-state index contributed by atoms with van der Waals surface area (Å²) in [6, 6.07) is 10.6. The number of halogens is 1. The van der Waals surface area contributed by atoms with E-state index in [1.807, 2.05) is 19.1 Å². The lowest BCUT2D eigenvalue weighted by Crippen LogP contribution is -2.47. The highest BCUT2D eigenvalue weighted by atomic mass is 32.2. The molecule has 42 heavy (non-hydrogen) atoms. The van der Waals surface area contributed by atoms with Crippen molar-refractivity contribution in [1.29, 1.82) is 0 Å². The van der Waals surface area contributed by atoms with E-state index in [0.717, 1.165) is 37.2 Å². The highest BCUT2D eigenvalue weighted by molar-refractivity contribution is 7.85. The number of piperidine rings is 1. The highest BCUT2D eigenvalue weighted by Gasteiger charge is 2.44. The topological polar surface area (TPSA) is 110 Å². The van der Waals surface area contributed by atoms with Gasteiger partial charge in [-0.25, -0.2) is 4.39 Å². The summed E-state index contributed by atoms with van der Waals surface area (Å²) >= 11 is 1.51. The van der Waals surface area contributed by atoms with E-state index in [9.17, 15) is 13.4 Å². The number of rotatable bonds is 8. The minimum Gasteiger partial charge on any atom is -0.366 e. The predicted molar refractivity (Wildman–Crippen MR) is 157 cm³/mol. The van der Waals surface area contributed by atoms with Crippen LogP contribution in [0.3, 0.4) is 0 Å². The molecule has 0 radical (unpaired) electrons. The average Bonchev–Trinajstić information content (AvgIpc) is 3.69. The number of nitrogens with zero attached hydrogens (tertiary/aromatic N) is 4. The number of hydrogen-bond acceptors (Lipinski definition) is 9. The molecule has 4 aromatic rings. The van der Waals surface area contributed by atoms with E-state index in [-0.39, 0.29) is 17.8 Å². The summed E-state index contributed by atoms with van der Waals surface area (Å²) in [6.45, 7) is 6.24. The van der Waals surface area contributed by atoms with E-state index in [4.69, 9.17) is 9.26 Å². The van der Waals surface area contributed by atoms with Crippen molar-refractivity contribution in [1.82, 2.24) is 25.3 Å². The monoisotopic (exact) mass is 609 g/mol. The Kier molecular flexibility index (Phi) is 8.30. The van der Waals surface area contributed by atoms with Crippen molar-refractivity contribution in [2.75, 3.05) is 18.8 Å². The van der Waals surface area contributed by atoms with Crippen molar-refractivity contribution in [3.05, 3.63) is 81.4 Å². The standard InChI is InChI=1S/C30H32FN5O4S2/c1-3-42(38)24-7-6-23(32-16-24)15-33-29(37)26-14-22-12-19(2)40-30(27(22)41-26)8-10-36(11-9-30)17-21-5-4-20(13-25(21)31)28-34-18-39-35-28/h4-7,13-14,16,18-19H,3,8-12,15,17H2,1-2H3,(H,33,37). The van der Waals surface area contributed by atoms with Crippen LogP contribution in [0.5, 0.6) is 0 Å². The second-order valence-corrected chi connectivity index (χ2v) is 13.5. The summed E-state index contributed by atoms with van der Waals surface area (Å²) in [5.74, 6) is 0.467. The van der Waals surface area contributed by atoms with E-state index < -0.39 is 16.4 Å². The van der Waals surface area contributed by atoms with Gasteiger partial charge in [0.05, 0.1) is 38.9 Å². The van der Waals surface area contributed by atoms with Crippen LogP contribution in [0.4, 0.5) is 4.39 Å². The second-order valence-electron chi connectivity index (χ2n) is 10.7. The molecule has 2 aliphatic rings. The minimum atomic E-state index is -1.05. The van der Waals surface area contributed by atoms with Crippen LogP contribution in [0, 0.1) is 5.82 Å². The molecule has 1 N–H and O–H groups in total. The van der Waals surface area contributed by atoms with E-state index in [2.05, 4.69) is 32.3 Å². The van der Waals surface area contributed by atoms with E-state index in [1.54, 1.807) is 24.4 Å². The Hall–Kier alpha value is -3.32. The van der Waals surface area contributed by atoms with Gasteiger partial charge in [0.25, 0.3) is 5.91 Å². The van der Waals surface area contributed by atoms with Gasteiger partial charge in [-0.2, -0.15) is 4.98 Å². The van der Waals surface area contributed by atoms with Gasteiger partial charge in [0.1, 0.15) is 11.4 Å². The Morgan fingerprint density at radius 1 is 1.21 bits per heavy atom. The number of carbonyl (C=O) groups is 1. The van der Waals surface area contributed by atoms with Crippen LogP contribution in [0.1, 0.15) is 58.1 Å². The van der Waals surface area contributed by atoms with Crippen LogP contribution in [0.25, 0.3) is 11.4 Å². The molecule has 3 aromatic heterocycles. The molecule has 1 spiro atoms. The first-order valence-corrected chi connectivity index (χ1v) is 16.2. The quantitative estimate of drug-likeness (QED) is 0.302. The summed E-state index contributed by atoms with van der Waals surface area (Å²) in [5, 5.41) is 6.76. The lowest BCUT2D eigenvalue weighted by molar-refractivity contribution is -0.131. The van der Waals surface area contributed by atoms with Gasteiger partial charge in [0.2, 0.25) is 12.2 Å². The van der Waals surface area contributed by atoms with Crippen molar-refractivity contribution >= 4 is 28.0 Å². The van der Waals surface area contributed by atoms with Crippen molar-refractivity contribution in [3.8, 4) is 11.4 Å². The largest absolute Gasteiger partial charge is 0.366 e. The van der Waals surface area contributed by atoms with Gasteiger partial charge in [-0.1, -0.05) is 24.2 Å². The summed E-state index contributed by atoms with van der Waals surface area (Å²) in [7, 11) is -1.05. The van der Waals surface area contributed by atoms with E-state index >= 15 is 0 Å². The Balaban J connectivity index is 1.10. The Bertz CT molecular complexity index is 1580. The molecule has 9 nitrogen and oxygen atoms in total. The Morgan fingerprint density at radius 2 is 2.05 bits per heavy atom. The number of thiophene rings is 1. The van der Waals surface area contributed by atoms with Crippen molar-refractivity contribution < 1.29 is 22.7 Å². The van der Waals surface area contributed by atoms with Crippen LogP contribution in [-0.2, 0) is 40.6 Å². The number of nitrogens with one attached hydrogen (secondary N) is 1. The smallest absolute Gasteiger partial charge is 0.261 e.